The van der Waals surface area contributed by atoms with Crippen LogP contribution in [0.3, 0.4) is 0 Å². The molecule has 0 aliphatic heterocycles. The van der Waals surface area contributed by atoms with Crippen molar-refractivity contribution in [1.29, 1.82) is 0 Å². The molecule has 9 rings (SSSR count). The van der Waals surface area contributed by atoms with Gasteiger partial charge in [0.2, 0.25) is 0 Å². The number of rotatable bonds is 9. The fourth-order valence-electron chi connectivity index (χ4n) is 8.40. The van der Waals surface area contributed by atoms with Gasteiger partial charge in [-0.1, -0.05) is 87.2 Å². The number of aromatic nitrogens is 4. The van der Waals surface area contributed by atoms with Crippen molar-refractivity contribution in [3.05, 3.63) is 162 Å². The van der Waals surface area contributed by atoms with Gasteiger partial charge in [-0.15, -0.1) is 18.2 Å². The molecular formula is C55H56GeIrN4S-2. The first kappa shape index (κ1) is 45.3. The number of nitrogens with zero attached hydrogens (tertiary/aromatic N) is 4. The molecule has 0 saturated carbocycles. The topological polar surface area (TPSA) is 43.6 Å². The number of hydrogen-bond acceptors (Lipinski definition) is 4. The summed E-state index contributed by atoms with van der Waals surface area (Å²) < 4.78 is 5.12. The van der Waals surface area contributed by atoms with Crippen LogP contribution in [0.1, 0.15) is 75.8 Å². The van der Waals surface area contributed by atoms with Gasteiger partial charge >= 0.3 is 126 Å². The van der Waals surface area contributed by atoms with Gasteiger partial charge in [-0.3, -0.25) is 4.98 Å². The van der Waals surface area contributed by atoms with Crippen LogP contribution in [0.5, 0.6) is 0 Å². The van der Waals surface area contributed by atoms with Gasteiger partial charge in [0.25, 0.3) is 0 Å². The smallest absolute Gasteiger partial charge is 0.113 e. The Morgan fingerprint density at radius 2 is 1.39 bits per heavy atom. The van der Waals surface area contributed by atoms with Gasteiger partial charge in [0.1, 0.15) is 4.83 Å². The largest absolute Gasteiger partial charge is 0.333 e. The van der Waals surface area contributed by atoms with E-state index in [0.29, 0.717) is 17.8 Å². The molecule has 0 bridgehead atoms. The zero-order chi connectivity index (χ0) is 43.0. The Morgan fingerprint density at radius 1 is 0.694 bits per heavy atom. The number of hydrogen-bond donors (Lipinski definition) is 0. The van der Waals surface area contributed by atoms with Crippen molar-refractivity contribution in [3.8, 4) is 39.5 Å². The van der Waals surface area contributed by atoms with E-state index in [-0.39, 0.29) is 20.1 Å². The molecule has 4 aromatic heterocycles. The third-order valence-corrected chi connectivity index (χ3v) is 16.8. The maximum Gasteiger partial charge on any atom is 0.113 e. The van der Waals surface area contributed by atoms with Gasteiger partial charge in [-0.05, 0) is 81.4 Å². The molecule has 4 heterocycles. The third-order valence-electron chi connectivity index (χ3n) is 11.4. The summed E-state index contributed by atoms with van der Waals surface area (Å²) in [4.78, 5) is 15.9. The van der Waals surface area contributed by atoms with Crippen LogP contribution in [0.15, 0.2) is 128 Å². The first-order chi connectivity index (χ1) is 29.3. The number of imidazole rings is 1. The Bertz CT molecular complexity index is 2950. The van der Waals surface area contributed by atoms with Crippen molar-refractivity contribution in [2.75, 3.05) is 0 Å². The van der Waals surface area contributed by atoms with E-state index in [4.69, 9.17) is 15.0 Å². The Balaban J connectivity index is 0.000000233. The van der Waals surface area contributed by atoms with E-state index in [1.165, 1.54) is 49.0 Å². The van der Waals surface area contributed by atoms with Crippen LogP contribution in [-0.2, 0) is 26.5 Å². The third kappa shape index (κ3) is 9.31. The molecule has 0 unspecified atom stereocenters. The van der Waals surface area contributed by atoms with Crippen molar-refractivity contribution >= 4 is 60.3 Å². The van der Waals surface area contributed by atoms with Gasteiger partial charge in [0.05, 0.1) is 16.9 Å². The minimum atomic E-state index is -1.86. The van der Waals surface area contributed by atoms with E-state index >= 15 is 0 Å². The monoisotopic (exact) mass is 1070 g/mol. The number of aryl methyl sites for hydroxylation is 1. The molecule has 0 aliphatic carbocycles. The molecular weight excluding hydrogens is 1010 g/mol. The quantitative estimate of drug-likeness (QED) is 0.107. The van der Waals surface area contributed by atoms with Gasteiger partial charge in [0.15, 0.2) is 0 Å². The first-order valence-electron chi connectivity index (χ1n) is 21.7. The summed E-state index contributed by atoms with van der Waals surface area (Å²) in [5.41, 5.74) is 14.2. The van der Waals surface area contributed by atoms with Crippen LogP contribution in [0.4, 0.5) is 0 Å². The fraction of sp³-hybridized carbons (Fsp3) is 0.255. The molecule has 62 heavy (non-hydrogen) atoms. The summed E-state index contributed by atoms with van der Waals surface area (Å²) in [5, 5.41) is 2.39. The van der Waals surface area contributed by atoms with Crippen LogP contribution in [-0.4, -0.2) is 32.8 Å². The van der Waals surface area contributed by atoms with E-state index in [1.807, 2.05) is 24.3 Å². The summed E-state index contributed by atoms with van der Waals surface area (Å²) in [6.45, 7) is 15.8. The van der Waals surface area contributed by atoms with Crippen molar-refractivity contribution in [3.63, 3.8) is 0 Å². The van der Waals surface area contributed by atoms with Gasteiger partial charge < -0.3 is 4.57 Å². The molecule has 0 fully saturated rings. The summed E-state index contributed by atoms with van der Waals surface area (Å²) in [6.07, 6.45) is 3.27. The molecule has 7 heteroatoms. The van der Waals surface area contributed by atoms with Gasteiger partial charge in [0, 0.05) is 31.5 Å². The predicted molar refractivity (Wildman–Crippen MR) is 264 cm³/mol. The first-order valence-corrected chi connectivity index (χ1v) is 29.8. The van der Waals surface area contributed by atoms with Gasteiger partial charge in [-0.2, -0.15) is 11.3 Å². The van der Waals surface area contributed by atoms with Crippen LogP contribution >= 0.6 is 11.3 Å². The predicted octanol–water partition coefficient (Wildman–Crippen LogP) is 14.8. The molecule has 0 saturated heterocycles. The maximum absolute atomic E-state index is 5.30. The summed E-state index contributed by atoms with van der Waals surface area (Å²) >= 11 is -0.122. The van der Waals surface area contributed by atoms with Crippen LogP contribution in [0.2, 0.25) is 17.3 Å². The second kappa shape index (κ2) is 18.9. The Labute approximate surface area is 388 Å². The molecule has 0 spiro atoms. The zero-order valence-corrected chi connectivity index (χ0v) is 42.9. The molecule has 0 amide bonds. The van der Waals surface area contributed by atoms with Crippen molar-refractivity contribution < 1.29 is 20.1 Å². The van der Waals surface area contributed by atoms with Crippen molar-refractivity contribution in [2.45, 2.75) is 84.0 Å². The SMILES string of the molecule is CC(C)Cc1cc(-c2[c-]cccc2)nc[c]1[Ge]([CH3])([CH3])[CH3].Cc1ccc2c(n1)sc1c(-c3nc4ccccc4n3-c3c(C(C)C)cc(-c4ccccc4)cc3C(C)C)[c-]ccc12.[Ir]. The zero-order valence-electron chi connectivity index (χ0n) is 37.6. The molecule has 5 aromatic carbocycles. The maximum atomic E-state index is 5.30. The molecule has 0 atom stereocenters. The Hall–Kier alpha value is -4.72. The average molecular weight is 1070 g/mol. The van der Waals surface area contributed by atoms with Crippen molar-refractivity contribution in [1.82, 2.24) is 19.5 Å². The second-order valence-corrected chi connectivity index (χ2v) is 29.9. The van der Waals surface area contributed by atoms with E-state index in [0.717, 1.165) is 50.6 Å². The summed E-state index contributed by atoms with van der Waals surface area (Å²) in [6, 6.07) is 49.7. The number of para-hydroxylation sites is 2. The van der Waals surface area contributed by atoms with Crippen LogP contribution < -0.4 is 4.40 Å². The van der Waals surface area contributed by atoms with Gasteiger partial charge in [-0.25, -0.2) is 4.98 Å². The minimum Gasteiger partial charge on any atom is -0.333 e. The number of benzene rings is 5. The van der Waals surface area contributed by atoms with Crippen LogP contribution in [0.25, 0.3) is 70.8 Å². The van der Waals surface area contributed by atoms with E-state index in [9.17, 15) is 0 Å². The number of fused-ring (bicyclic) bond motifs is 4. The van der Waals surface area contributed by atoms with E-state index in [2.05, 4.69) is 186 Å². The fourth-order valence-corrected chi connectivity index (χ4v) is 12.9. The normalized spacial score (nSPS) is 11.8. The molecule has 0 N–H and O–H groups in total. The minimum absolute atomic E-state index is 0. The molecule has 4 nitrogen and oxygen atoms in total. The molecule has 1 radical (unpaired) electrons. The molecule has 0 aliphatic rings. The Morgan fingerprint density at radius 3 is 2.05 bits per heavy atom. The summed E-state index contributed by atoms with van der Waals surface area (Å²) in [7, 11) is 0. The van der Waals surface area contributed by atoms with E-state index < -0.39 is 13.3 Å². The Kier molecular flexibility index (Phi) is 13.8. The van der Waals surface area contributed by atoms with Crippen LogP contribution in [0, 0.1) is 25.0 Å². The number of pyridine rings is 2. The second-order valence-electron chi connectivity index (χ2n) is 18.3. The summed E-state index contributed by atoms with van der Waals surface area (Å²) in [5.74, 6) is 9.55. The van der Waals surface area contributed by atoms with Crippen molar-refractivity contribution in [2.24, 2.45) is 5.92 Å². The molecule has 317 valence electrons. The standard InChI is InChI=1S/C37H32N3S.C18H24GeN.Ir/c1-22(2)30-20-26(25-12-7-6-8-13-25)21-31(23(3)4)34(30)40-33-17-10-9-16-32(33)39-36(40)29-15-11-14-27-28-19-18-24(5)38-37(28)41-35(27)29;1-14(2)11-16-12-18(15-9-7-6-8-10-15)20-13-17(16)19(3,4)5;/h6-14,16-23H,1-5H3;6-9,12-14H,11H2,1-5H3;/q2*-1;. The number of thiophene rings is 1. The average Bonchev–Trinajstić information content (AvgIpc) is 3.81. The molecule has 9 aromatic rings. The van der Waals surface area contributed by atoms with E-state index in [1.54, 1.807) is 15.7 Å².